The third kappa shape index (κ3) is 2.96. The number of hydrogen-bond donors (Lipinski definition) is 1. The van der Waals surface area contributed by atoms with Crippen LogP contribution in [0, 0.1) is 0 Å². The molecule has 1 aliphatic rings. The molecule has 1 heterocycles. The molecule has 1 fully saturated rings. The molecule has 4 nitrogen and oxygen atoms in total. The molecule has 1 saturated carbocycles. The van der Waals surface area contributed by atoms with Crippen molar-refractivity contribution in [3.05, 3.63) is 34.8 Å². The normalized spacial score (nSPS) is 16.8. The largest absolute Gasteiger partial charge is 0.419 e. The average Bonchev–Trinajstić information content (AvgIpc) is 2.80. The van der Waals surface area contributed by atoms with Gasteiger partial charge in [-0.05, 0) is 37.9 Å². The predicted molar refractivity (Wildman–Crippen MR) is 80.0 cm³/mol. The summed E-state index contributed by atoms with van der Waals surface area (Å²) < 4.78 is 6.97. The highest BCUT2D eigenvalue weighted by Gasteiger charge is 2.12. The van der Waals surface area contributed by atoms with Crippen molar-refractivity contribution in [3.8, 4) is 0 Å². The van der Waals surface area contributed by atoms with Crippen LogP contribution >= 0.6 is 0 Å². The number of aryl methyl sites for hydroxylation is 1. The first-order valence-corrected chi connectivity index (χ1v) is 7.66. The minimum Gasteiger partial charge on any atom is -0.408 e. The zero-order valence-electron chi connectivity index (χ0n) is 11.8. The number of fused-ring (bicyclic) bond motifs is 1. The van der Waals surface area contributed by atoms with E-state index in [1.54, 1.807) is 4.57 Å². The second-order valence-electron chi connectivity index (χ2n) is 5.63. The van der Waals surface area contributed by atoms with Gasteiger partial charge in [-0.25, -0.2) is 4.79 Å². The van der Waals surface area contributed by atoms with Gasteiger partial charge in [0.25, 0.3) is 0 Å². The van der Waals surface area contributed by atoms with Crippen molar-refractivity contribution in [2.75, 3.05) is 6.54 Å². The number of nitrogens with one attached hydrogen (secondary N) is 1. The molecule has 2 aromatic rings. The molecule has 0 bridgehead atoms. The summed E-state index contributed by atoms with van der Waals surface area (Å²) in [6.07, 6.45) is 7.64. The lowest BCUT2D eigenvalue weighted by atomic mass is 9.95. The van der Waals surface area contributed by atoms with Crippen LogP contribution in [0.4, 0.5) is 0 Å². The van der Waals surface area contributed by atoms with Crippen molar-refractivity contribution in [1.82, 2.24) is 9.88 Å². The molecule has 1 aromatic carbocycles. The first-order valence-electron chi connectivity index (χ1n) is 7.66. The van der Waals surface area contributed by atoms with Gasteiger partial charge in [0, 0.05) is 12.6 Å². The van der Waals surface area contributed by atoms with E-state index in [1.807, 2.05) is 24.3 Å². The SMILES string of the molecule is O=c1oc2ccccc2n1CCCNC1CCCCC1. The van der Waals surface area contributed by atoms with Crippen LogP contribution in [0.25, 0.3) is 11.1 Å². The van der Waals surface area contributed by atoms with Gasteiger partial charge in [0.1, 0.15) is 0 Å². The lowest BCUT2D eigenvalue weighted by Gasteiger charge is -2.22. The van der Waals surface area contributed by atoms with Crippen LogP contribution in [-0.4, -0.2) is 17.2 Å². The van der Waals surface area contributed by atoms with Crippen molar-refractivity contribution in [1.29, 1.82) is 0 Å². The van der Waals surface area contributed by atoms with Crippen molar-refractivity contribution in [2.45, 2.75) is 51.1 Å². The standard InChI is InChI=1S/C16H22N2O2/c19-16-18(14-9-4-5-10-15(14)20-16)12-6-11-17-13-7-2-1-3-8-13/h4-5,9-10,13,17H,1-3,6-8,11-12H2. The molecule has 1 aliphatic carbocycles. The number of benzene rings is 1. The highest BCUT2D eigenvalue weighted by molar-refractivity contribution is 5.72. The van der Waals surface area contributed by atoms with Gasteiger partial charge in [0.15, 0.2) is 5.58 Å². The molecule has 0 saturated heterocycles. The van der Waals surface area contributed by atoms with E-state index in [2.05, 4.69) is 5.32 Å². The fraction of sp³-hybridized carbons (Fsp3) is 0.562. The van der Waals surface area contributed by atoms with Gasteiger partial charge in [-0.15, -0.1) is 0 Å². The molecular weight excluding hydrogens is 252 g/mol. The summed E-state index contributed by atoms with van der Waals surface area (Å²) in [6.45, 7) is 1.69. The van der Waals surface area contributed by atoms with Crippen molar-refractivity contribution in [2.24, 2.45) is 0 Å². The van der Waals surface area contributed by atoms with E-state index in [0.29, 0.717) is 11.6 Å². The topological polar surface area (TPSA) is 47.2 Å². The van der Waals surface area contributed by atoms with Crippen LogP contribution in [0.15, 0.2) is 33.5 Å². The van der Waals surface area contributed by atoms with Crippen molar-refractivity contribution in [3.63, 3.8) is 0 Å². The molecule has 20 heavy (non-hydrogen) atoms. The molecular formula is C16H22N2O2. The van der Waals surface area contributed by atoms with Gasteiger partial charge < -0.3 is 9.73 Å². The van der Waals surface area contributed by atoms with Crippen molar-refractivity contribution >= 4 is 11.1 Å². The van der Waals surface area contributed by atoms with E-state index in [9.17, 15) is 4.79 Å². The van der Waals surface area contributed by atoms with Gasteiger partial charge in [-0.2, -0.15) is 0 Å². The summed E-state index contributed by atoms with van der Waals surface area (Å²) >= 11 is 0. The van der Waals surface area contributed by atoms with Crippen LogP contribution in [0.2, 0.25) is 0 Å². The smallest absolute Gasteiger partial charge is 0.408 e. The molecule has 1 aromatic heterocycles. The number of hydrogen-bond acceptors (Lipinski definition) is 3. The Bertz CT molecular complexity index is 608. The van der Waals surface area contributed by atoms with Crippen LogP contribution in [0.3, 0.4) is 0 Å². The van der Waals surface area contributed by atoms with Gasteiger partial charge in [0.05, 0.1) is 5.52 Å². The van der Waals surface area contributed by atoms with Gasteiger partial charge >= 0.3 is 5.76 Å². The molecule has 1 N–H and O–H groups in total. The third-order valence-electron chi connectivity index (χ3n) is 4.17. The van der Waals surface area contributed by atoms with E-state index < -0.39 is 0 Å². The second kappa shape index (κ2) is 6.27. The Morgan fingerprint density at radius 3 is 2.85 bits per heavy atom. The summed E-state index contributed by atoms with van der Waals surface area (Å²) in [4.78, 5) is 11.8. The van der Waals surface area contributed by atoms with Crippen LogP contribution in [0.1, 0.15) is 38.5 Å². The van der Waals surface area contributed by atoms with E-state index in [0.717, 1.165) is 25.0 Å². The van der Waals surface area contributed by atoms with Gasteiger partial charge in [-0.1, -0.05) is 31.4 Å². The maximum absolute atomic E-state index is 11.8. The summed E-state index contributed by atoms with van der Waals surface area (Å²) in [5.41, 5.74) is 1.58. The fourth-order valence-electron chi connectivity index (χ4n) is 3.08. The Morgan fingerprint density at radius 1 is 1.20 bits per heavy atom. The molecule has 0 amide bonds. The predicted octanol–water partition coefficient (Wildman–Crippen LogP) is 2.91. The van der Waals surface area contributed by atoms with Crippen LogP contribution < -0.4 is 11.1 Å². The van der Waals surface area contributed by atoms with E-state index in [4.69, 9.17) is 4.42 Å². The Morgan fingerprint density at radius 2 is 2.00 bits per heavy atom. The Balaban J connectivity index is 1.54. The Kier molecular flexibility index (Phi) is 4.21. The minimum atomic E-state index is -0.246. The fourth-order valence-corrected chi connectivity index (χ4v) is 3.08. The molecule has 0 aliphatic heterocycles. The van der Waals surface area contributed by atoms with E-state index in [1.165, 1.54) is 32.1 Å². The average molecular weight is 274 g/mol. The van der Waals surface area contributed by atoms with Crippen LogP contribution in [0.5, 0.6) is 0 Å². The maximum atomic E-state index is 11.8. The van der Waals surface area contributed by atoms with Crippen LogP contribution in [-0.2, 0) is 6.54 Å². The third-order valence-corrected chi connectivity index (χ3v) is 4.17. The van der Waals surface area contributed by atoms with E-state index >= 15 is 0 Å². The summed E-state index contributed by atoms with van der Waals surface area (Å²) in [5, 5.41) is 3.61. The lowest BCUT2D eigenvalue weighted by molar-refractivity contribution is 0.367. The Hall–Kier alpha value is -1.55. The quantitative estimate of drug-likeness (QED) is 0.853. The van der Waals surface area contributed by atoms with Crippen molar-refractivity contribution < 1.29 is 4.42 Å². The number of nitrogens with zero attached hydrogens (tertiary/aromatic N) is 1. The highest BCUT2D eigenvalue weighted by atomic mass is 16.4. The lowest BCUT2D eigenvalue weighted by Crippen LogP contribution is -2.32. The zero-order valence-corrected chi connectivity index (χ0v) is 11.8. The molecule has 0 radical (unpaired) electrons. The molecule has 108 valence electrons. The number of para-hydroxylation sites is 2. The molecule has 0 unspecified atom stereocenters. The molecule has 3 rings (SSSR count). The Labute approximate surface area is 118 Å². The van der Waals surface area contributed by atoms with Gasteiger partial charge in [-0.3, -0.25) is 4.57 Å². The number of aromatic nitrogens is 1. The minimum absolute atomic E-state index is 0.246. The summed E-state index contributed by atoms with van der Waals surface area (Å²) in [7, 11) is 0. The number of rotatable bonds is 5. The molecule has 0 spiro atoms. The monoisotopic (exact) mass is 274 g/mol. The number of oxazole rings is 1. The van der Waals surface area contributed by atoms with Gasteiger partial charge in [0.2, 0.25) is 0 Å². The maximum Gasteiger partial charge on any atom is 0.419 e. The first kappa shape index (κ1) is 13.4. The highest BCUT2D eigenvalue weighted by Crippen LogP contribution is 2.17. The molecule has 4 heteroatoms. The first-order chi connectivity index (χ1) is 9.84. The van der Waals surface area contributed by atoms with E-state index in [-0.39, 0.29) is 5.76 Å². The summed E-state index contributed by atoms with van der Waals surface area (Å²) in [5.74, 6) is -0.246. The summed E-state index contributed by atoms with van der Waals surface area (Å²) in [6, 6.07) is 8.29. The zero-order chi connectivity index (χ0) is 13.8. The second-order valence-corrected chi connectivity index (χ2v) is 5.63. The molecule has 0 atom stereocenters.